The molecule has 33 heavy (non-hydrogen) atoms. The number of anilines is 1. The van der Waals surface area contributed by atoms with Crippen molar-refractivity contribution in [2.45, 2.75) is 59.2 Å². The maximum atomic E-state index is 13.3. The van der Waals surface area contributed by atoms with Crippen LogP contribution in [0.15, 0.2) is 18.2 Å². The van der Waals surface area contributed by atoms with Crippen molar-refractivity contribution in [2.75, 3.05) is 39.2 Å². The molecule has 1 aromatic carbocycles. The molecule has 1 aliphatic heterocycles. The monoisotopic (exact) mass is 462 g/mol. The summed E-state index contributed by atoms with van der Waals surface area (Å²) in [7, 11) is 3.32. The number of urea groups is 1. The van der Waals surface area contributed by atoms with E-state index in [0.29, 0.717) is 36.5 Å². The number of benzene rings is 1. The standard InChI is InChI=1S/C24H38N4O5/c1-8-22(29)26-18-9-10-20-19(11-18)23(30)27(6)13-21(32-7)16(4)12-28(17(5)14-33-20)24(31)25-15(2)3/h9-11,15-17,21H,8,12-14H2,1-7H3,(H,25,31)(H,26,29)/t16-,17+,21-/m0/s1. The van der Waals surface area contributed by atoms with Crippen molar-refractivity contribution in [2.24, 2.45) is 5.92 Å². The Labute approximate surface area is 196 Å². The summed E-state index contributed by atoms with van der Waals surface area (Å²) in [5.41, 5.74) is 0.876. The normalized spacial score (nSPS) is 22.1. The van der Waals surface area contributed by atoms with Crippen molar-refractivity contribution in [1.29, 1.82) is 0 Å². The van der Waals surface area contributed by atoms with E-state index in [0.717, 1.165) is 0 Å². The summed E-state index contributed by atoms with van der Waals surface area (Å²) in [6.07, 6.45) is 0.0629. The van der Waals surface area contributed by atoms with Crippen molar-refractivity contribution < 1.29 is 23.9 Å². The van der Waals surface area contributed by atoms with Crippen molar-refractivity contribution >= 4 is 23.5 Å². The molecule has 2 N–H and O–H groups in total. The molecule has 9 heteroatoms. The van der Waals surface area contributed by atoms with Gasteiger partial charge >= 0.3 is 6.03 Å². The molecule has 3 atom stereocenters. The van der Waals surface area contributed by atoms with Gasteiger partial charge in [0.25, 0.3) is 5.91 Å². The van der Waals surface area contributed by atoms with Crippen LogP contribution in [0.5, 0.6) is 5.75 Å². The summed E-state index contributed by atoms with van der Waals surface area (Å²) < 4.78 is 11.7. The topological polar surface area (TPSA) is 100 Å². The molecule has 184 valence electrons. The Balaban J connectivity index is 2.44. The first-order valence-electron chi connectivity index (χ1n) is 11.5. The summed E-state index contributed by atoms with van der Waals surface area (Å²) in [5, 5.41) is 5.75. The Bertz CT molecular complexity index is 844. The van der Waals surface area contributed by atoms with Gasteiger partial charge in [0, 0.05) is 51.3 Å². The van der Waals surface area contributed by atoms with Crippen LogP contribution in [0.2, 0.25) is 0 Å². The van der Waals surface area contributed by atoms with Crippen LogP contribution < -0.4 is 15.4 Å². The van der Waals surface area contributed by atoms with E-state index >= 15 is 0 Å². The molecule has 0 unspecified atom stereocenters. The number of nitrogens with one attached hydrogen (secondary N) is 2. The summed E-state index contributed by atoms with van der Waals surface area (Å²) in [5.74, 6) is 0.00713. The van der Waals surface area contributed by atoms with Gasteiger partial charge in [0.2, 0.25) is 5.91 Å². The molecule has 1 aliphatic rings. The smallest absolute Gasteiger partial charge is 0.317 e. The second-order valence-corrected chi connectivity index (χ2v) is 8.97. The first kappa shape index (κ1) is 26.4. The first-order valence-corrected chi connectivity index (χ1v) is 11.5. The highest BCUT2D eigenvalue weighted by Gasteiger charge is 2.30. The summed E-state index contributed by atoms with van der Waals surface area (Å²) >= 11 is 0. The summed E-state index contributed by atoms with van der Waals surface area (Å²) in [4.78, 5) is 41.4. The van der Waals surface area contributed by atoms with E-state index in [4.69, 9.17) is 9.47 Å². The fourth-order valence-electron chi connectivity index (χ4n) is 3.72. The lowest BCUT2D eigenvalue weighted by atomic mass is 10.0. The molecule has 0 radical (unpaired) electrons. The van der Waals surface area contributed by atoms with Gasteiger partial charge in [-0.25, -0.2) is 4.79 Å². The van der Waals surface area contributed by atoms with Gasteiger partial charge in [-0.15, -0.1) is 0 Å². The van der Waals surface area contributed by atoms with Crippen molar-refractivity contribution in [3.05, 3.63) is 23.8 Å². The number of ether oxygens (including phenoxy) is 2. The van der Waals surface area contributed by atoms with Gasteiger partial charge in [0.1, 0.15) is 12.4 Å². The van der Waals surface area contributed by atoms with Crippen LogP contribution in [0.1, 0.15) is 51.4 Å². The third kappa shape index (κ3) is 7.08. The molecule has 1 heterocycles. The van der Waals surface area contributed by atoms with Gasteiger partial charge in [-0.1, -0.05) is 13.8 Å². The van der Waals surface area contributed by atoms with Crippen LogP contribution in [-0.4, -0.2) is 79.7 Å². The van der Waals surface area contributed by atoms with E-state index in [-0.39, 0.29) is 48.6 Å². The number of amides is 4. The number of methoxy groups -OCH3 is 1. The highest BCUT2D eigenvalue weighted by molar-refractivity contribution is 5.99. The third-order valence-electron chi connectivity index (χ3n) is 5.72. The lowest BCUT2D eigenvalue weighted by Gasteiger charge is -2.36. The van der Waals surface area contributed by atoms with Gasteiger partial charge in [0.15, 0.2) is 0 Å². The van der Waals surface area contributed by atoms with Crippen LogP contribution in [0.4, 0.5) is 10.5 Å². The third-order valence-corrected chi connectivity index (χ3v) is 5.72. The number of rotatable bonds is 4. The molecule has 1 aromatic rings. The van der Waals surface area contributed by atoms with Crippen LogP contribution >= 0.6 is 0 Å². The van der Waals surface area contributed by atoms with Crippen LogP contribution in [0, 0.1) is 5.92 Å². The van der Waals surface area contributed by atoms with Crippen molar-refractivity contribution in [3.63, 3.8) is 0 Å². The molecule has 0 aliphatic carbocycles. The van der Waals surface area contributed by atoms with Crippen LogP contribution in [0.3, 0.4) is 0 Å². The Morgan fingerprint density at radius 3 is 2.55 bits per heavy atom. The molecule has 0 saturated heterocycles. The van der Waals surface area contributed by atoms with E-state index in [1.54, 1.807) is 49.1 Å². The number of likely N-dealkylation sites (N-methyl/N-ethyl adjacent to an activating group) is 1. The molecular weight excluding hydrogens is 424 g/mol. The molecule has 0 bridgehead atoms. The van der Waals surface area contributed by atoms with Gasteiger partial charge in [-0.3, -0.25) is 9.59 Å². The highest BCUT2D eigenvalue weighted by atomic mass is 16.5. The van der Waals surface area contributed by atoms with E-state index in [1.807, 2.05) is 27.7 Å². The minimum Gasteiger partial charge on any atom is -0.491 e. The van der Waals surface area contributed by atoms with Crippen LogP contribution in [-0.2, 0) is 9.53 Å². The quantitative estimate of drug-likeness (QED) is 0.717. The Kier molecular flexibility index (Phi) is 9.52. The molecule has 0 saturated carbocycles. The predicted molar refractivity (Wildman–Crippen MR) is 128 cm³/mol. The van der Waals surface area contributed by atoms with E-state index in [2.05, 4.69) is 10.6 Å². The second-order valence-electron chi connectivity index (χ2n) is 8.97. The summed E-state index contributed by atoms with van der Waals surface area (Å²) in [6, 6.07) is 4.61. The summed E-state index contributed by atoms with van der Waals surface area (Å²) in [6.45, 7) is 10.5. The molecule has 0 spiro atoms. The zero-order valence-corrected chi connectivity index (χ0v) is 20.8. The fraction of sp³-hybridized carbons (Fsp3) is 0.625. The number of fused-ring (bicyclic) bond motifs is 1. The van der Waals surface area contributed by atoms with Crippen molar-refractivity contribution in [3.8, 4) is 5.75 Å². The molecule has 0 aromatic heterocycles. The first-order chi connectivity index (χ1) is 15.6. The minimum atomic E-state index is -0.271. The number of carbonyl (C=O) groups excluding carboxylic acids is 3. The number of carbonyl (C=O) groups is 3. The Hall–Kier alpha value is -2.81. The lowest BCUT2D eigenvalue weighted by molar-refractivity contribution is -0.115. The van der Waals surface area contributed by atoms with Gasteiger partial charge in [0.05, 0.1) is 17.7 Å². The molecular formula is C24H38N4O5. The number of hydrogen-bond acceptors (Lipinski definition) is 5. The van der Waals surface area contributed by atoms with E-state index in [1.165, 1.54) is 0 Å². The van der Waals surface area contributed by atoms with Gasteiger partial charge in [-0.2, -0.15) is 0 Å². The van der Waals surface area contributed by atoms with Gasteiger partial charge < -0.3 is 29.9 Å². The maximum absolute atomic E-state index is 13.3. The number of hydrogen-bond donors (Lipinski definition) is 2. The Morgan fingerprint density at radius 2 is 1.94 bits per heavy atom. The largest absolute Gasteiger partial charge is 0.491 e. The second kappa shape index (κ2) is 11.9. The van der Waals surface area contributed by atoms with E-state index in [9.17, 15) is 14.4 Å². The fourth-order valence-corrected chi connectivity index (χ4v) is 3.72. The average molecular weight is 463 g/mol. The molecule has 0 fully saturated rings. The van der Waals surface area contributed by atoms with E-state index < -0.39 is 0 Å². The highest BCUT2D eigenvalue weighted by Crippen LogP contribution is 2.26. The zero-order chi connectivity index (χ0) is 24.7. The lowest BCUT2D eigenvalue weighted by Crippen LogP contribution is -2.52. The van der Waals surface area contributed by atoms with Crippen LogP contribution in [0.25, 0.3) is 0 Å². The maximum Gasteiger partial charge on any atom is 0.317 e. The molecule has 2 rings (SSSR count). The molecule has 4 amide bonds. The Morgan fingerprint density at radius 1 is 1.24 bits per heavy atom. The SMILES string of the molecule is CCC(=O)Nc1ccc2c(c1)C(=O)N(C)C[C@H](OC)[C@@H](C)CN(C(=O)NC(C)C)[C@H](C)CO2. The minimum absolute atomic E-state index is 0.00163. The molecule has 9 nitrogen and oxygen atoms in total. The predicted octanol–water partition coefficient (Wildman–Crippen LogP) is 2.96. The zero-order valence-electron chi connectivity index (χ0n) is 20.8. The van der Waals surface area contributed by atoms with Gasteiger partial charge in [-0.05, 0) is 39.0 Å². The number of nitrogens with zero attached hydrogens (tertiary/aromatic N) is 2. The average Bonchev–Trinajstić information content (AvgIpc) is 2.77. The van der Waals surface area contributed by atoms with Crippen molar-refractivity contribution in [1.82, 2.24) is 15.1 Å².